The van der Waals surface area contributed by atoms with E-state index in [1.54, 1.807) is 0 Å². The summed E-state index contributed by atoms with van der Waals surface area (Å²) in [5.41, 5.74) is 0. The maximum Gasteiger partial charge on any atom is 0.0601 e. The zero-order valence-electron chi connectivity index (χ0n) is 10.0. The number of nitrogens with one attached hydrogen (secondary N) is 1. The number of hydrogen-bond donors (Lipinski definition) is 1. The smallest absolute Gasteiger partial charge is 0.0601 e. The lowest BCUT2D eigenvalue weighted by Crippen LogP contribution is -2.46. The molecule has 0 saturated heterocycles. The molecule has 2 fully saturated rings. The summed E-state index contributed by atoms with van der Waals surface area (Å²) < 4.78 is 5.29. The summed E-state index contributed by atoms with van der Waals surface area (Å²) in [4.78, 5) is 0. The zero-order chi connectivity index (χ0) is 10.5. The lowest BCUT2D eigenvalue weighted by atomic mass is 9.88. The summed E-state index contributed by atoms with van der Waals surface area (Å²) in [6.45, 7) is 1.25. The van der Waals surface area contributed by atoms with E-state index in [4.69, 9.17) is 4.74 Å². The summed E-state index contributed by atoms with van der Waals surface area (Å²) in [5.74, 6) is 0.953. The summed E-state index contributed by atoms with van der Waals surface area (Å²) in [7, 11) is 1.83. The van der Waals surface area contributed by atoms with E-state index in [1.807, 2.05) is 7.11 Å². The maximum absolute atomic E-state index is 5.29. The quantitative estimate of drug-likeness (QED) is 0.722. The van der Waals surface area contributed by atoms with Gasteiger partial charge in [-0.2, -0.15) is 0 Å². The van der Waals surface area contributed by atoms with E-state index in [0.29, 0.717) is 6.10 Å². The Morgan fingerprint density at radius 2 is 1.73 bits per heavy atom. The fourth-order valence-corrected chi connectivity index (χ4v) is 2.83. The molecule has 2 heteroatoms. The molecule has 15 heavy (non-hydrogen) atoms. The summed E-state index contributed by atoms with van der Waals surface area (Å²) in [5, 5.41) is 3.70. The highest BCUT2D eigenvalue weighted by Crippen LogP contribution is 2.25. The van der Waals surface area contributed by atoms with Crippen molar-refractivity contribution >= 4 is 0 Å². The zero-order valence-corrected chi connectivity index (χ0v) is 10.0. The third-order valence-electron chi connectivity index (χ3n) is 4.10. The molecule has 2 saturated carbocycles. The van der Waals surface area contributed by atoms with Crippen molar-refractivity contribution in [3.05, 3.63) is 0 Å². The predicted molar refractivity (Wildman–Crippen MR) is 63.0 cm³/mol. The third-order valence-corrected chi connectivity index (χ3v) is 4.10. The van der Waals surface area contributed by atoms with Gasteiger partial charge in [0.15, 0.2) is 0 Å². The monoisotopic (exact) mass is 211 g/mol. The Bertz CT molecular complexity index is 169. The first kappa shape index (κ1) is 11.4. The summed E-state index contributed by atoms with van der Waals surface area (Å²) >= 11 is 0. The van der Waals surface area contributed by atoms with E-state index in [0.717, 1.165) is 12.0 Å². The molecule has 0 radical (unpaired) electrons. The lowest BCUT2D eigenvalue weighted by Gasteiger charge is -2.35. The average molecular weight is 211 g/mol. The minimum atomic E-state index is 0.539. The van der Waals surface area contributed by atoms with Gasteiger partial charge in [0.1, 0.15) is 0 Å². The van der Waals surface area contributed by atoms with Gasteiger partial charge in [0.2, 0.25) is 0 Å². The molecule has 2 nitrogen and oxygen atoms in total. The van der Waals surface area contributed by atoms with Crippen LogP contribution in [0.25, 0.3) is 0 Å². The predicted octanol–water partition coefficient (Wildman–Crippen LogP) is 2.72. The van der Waals surface area contributed by atoms with Crippen LogP contribution in [-0.4, -0.2) is 25.8 Å². The van der Waals surface area contributed by atoms with Gasteiger partial charge < -0.3 is 10.1 Å². The number of hydrogen-bond acceptors (Lipinski definition) is 2. The van der Waals surface area contributed by atoms with Crippen molar-refractivity contribution in [2.45, 2.75) is 63.5 Å². The molecular weight excluding hydrogens is 186 g/mol. The molecule has 0 unspecified atom stereocenters. The van der Waals surface area contributed by atoms with Crippen molar-refractivity contribution in [2.24, 2.45) is 5.92 Å². The average Bonchev–Trinajstić information content (AvgIpc) is 2.44. The van der Waals surface area contributed by atoms with Gasteiger partial charge in [0, 0.05) is 13.2 Å². The molecule has 0 aromatic heterocycles. The van der Waals surface area contributed by atoms with Gasteiger partial charge in [-0.05, 0) is 38.1 Å². The first-order valence-electron chi connectivity index (χ1n) is 6.64. The van der Waals surface area contributed by atoms with Crippen LogP contribution >= 0.6 is 0 Å². The molecule has 0 aromatic carbocycles. The summed E-state index contributed by atoms with van der Waals surface area (Å²) in [6, 6.07) is 0.748. The third kappa shape index (κ3) is 3.46. The van der Waals surface area contributed by atoms with Crippen molar-refractivity contribution in [1.82, 2.24) is 5.32 Å². The van der Waals surface area contributed by atoms with E-state index in [-0.39, 0.29) is 0 Å². The van der Waals surface area contributed by atoms with Crippen LogP contribution in [-0.2, 0) is 4.74 Å². The largest absolute Gasteiger partial charge is 0.381 e. The van der Waals surface area contributed by atoms with Crippen molar-refractivity contribution in [3.8, 4) is 0 Å². The van der Waals surface area contributed by atoms with Gasteiger partial charge in [-0.1, -0.05) is 25.7 Å². The molecule has 0 heterocycles. The van der Waals surface area contributed by atoms with Crippen molar-refractivity contribution in [1.29, 1.82) is 0 Å². The van der Waals surface area contributed by atoms with Crippen LogP contribution in [0.2, 0.25) is 0 Å². The van der Waals surface area contributed by atoms with E-state index in [9.17, 15) is 0 Å². The maximum atomic E-state index is 5.29. The molecule has 0 atom stereocenters. The number of rotatable bonds is 4. The van der Waals surface area contributed by atoms with Crippen LogP contribution < -0.4 is 5.32 Å². The van der Waals surface area contributed by atoms with Crippen LogP contribution in [0.1, 0.15) is 51.4 Å². The van der Waals surface area contributed by atoms with Crippen LogP contribution in [0.4, 0.5) is 0 Å². The number of ether oxygens (including phenoxy) is 1. The minimum Gasteiger partial charge on any atom is -0.381 e. The SMILES string of the molecule is COC1CC(NCC2CCCCCC2)C1. The molecule has 2 aliphatic rings. The second kappa shape index (κ2) is 5.86. The summed E-state index contributed by atoms with van der Waals surface area (Å²) in [6.07, 6.45) is 11.7. The second-order valence-corrected chi connectivity index (χ2v) is 5.29. The Morgan fingerprint density at radius 1 is 1.07 bits per heavy atom. The van der Waals surface area contributed by atoms with Crippen LogP contribution in [0.3, 0.4) is 0 Å². The molecule has 2 aliphatic carbocycles. The Hall–Kier alpha value is -0.0800. The molecule has 0 aromatic rings. The van der Waals surface area contributed by atoms with E-state index >= 15 is 0 Å². The Morgan fingerprint density at radius 3 is 2.33 bits per heavy atom. The Balaban J connectivity index is 1.57. The molecular formula is C13H25NO. The van der Waals surface area contributed by atoms with Gasteiger partial charge in [0.05, 0.1) is 6.10 Å². The van der Waals surface area contributed by atoms with Crippen molar-refractivity contribution in [2.75, 3.05) is 13.7 Å². The molecule has 0 spiro atoms. The second-order valence-electron chi connectivity index (χ2n) is 5.29. The van der Waals surface area contributed by atoms with Crippen LogP contribution in [0, 0.1) is 5.92 Å². The van der Waals surface area contributed by atoms with E-state index in [2.05, 4.69) is 5.32 Å². The van der Waals surface area contributed by atoms with Gasteiger partial charge in [-0.3, -0.25) is 0 Å². The Kier molecular flexibility index (Phi) is 4.45. The standard InChI is InChI=1S/C13H25NO/c1-15-13-8-12(9-13)14-10-11-6-4-2-3-5-7-11/h11-14H,2-10H2,1H3. The van der Waals surface area contributed by atoms with Crippen LogP contribution in [0.5, 0.6) is 0 Å². The lowest BCUT2D eigenvalue weighted by molar-refractivity contribution is 0.0163. The highest BCUT2D eigenvalue weighted by molar-refractivity contribution is 4.86. The fraction of sp³-hybridized carbons (Fsp3) is 1.00. The first-order chi connectivity index (χ1) is 7.38. The fourth-order valence-electron chi connectivity index (χ4n) is 2.83. The molecule has 1 N–H and O–H groups in total. The normalized spacial score (nSPS) is 33.4. The number of methoxy groups -OCH3 is 1. The highest BCUT2D eigenvalue weighted by Gasteiger charge is 2.28. The molecule has 0 amide bonds. The molecule has 0 bridgehead atoms. The van der Waals surface area contributed by atoms with E-state index < -0.39 is 0 Å². The van der Waals surface area contributed by atoms with Gasteiger partial charge >= 0.3 is 0 Å². The molecule has 0 aliphatic heterocycles. The minimum absolute atomic E-state index is 0.539. The molecule has 88 valence electrons. The molecule has 2 rings (SSSR count). The van der Waals surface area contributed by atoms with Crippen molar-refractivity contribution in [3.63, 3.8) is 0 Å². The van der Waals surface area contributed by atoms with Crippen LogP contribution in [0.15, 0.2) is 0 Å². The topological polar surface area (TPSA) is 21.3 Å². The van der Waals surface area contributed by atoms with Gasteiger partial charge in [-0.25, -0.2) is 0 Å². The first-order valence-corrected chi connectivity index (χ1v) is 6.64. The highest BCUT2D eigenvalue weighted by atomic mass is 16.5. The van der Waals surface area contributed by atoms with Crippen molar-refractivity contribution < 1.29 is 4.74 Å². The van der Waals surface area contributed by atoms with E-state index in [1.165, 1.54) is 57.9 Å². The van der Waals surface area contributed by atoms with Gasteiger partial charge in [-0.15, -0.1) is 0 Å². The van der Waals surface area contributed by atoms with Gasteiger partial charge in [0.25, 0.3) is 0 Å². The Labute approximate surface area is 93.8 Å².